The van der Waals surface area contributed by atoms with Gasteiger partial charge >= 0.3 is 10.2 Å². The first-order valence-electron chi connectivity index (χ1n) is 8.45. The number of carbonyl (C=O) groups excluding carboxylic acids is 1. The Morgan fingerprint density at radius 2 is 1.48 bits per heavy atom. The molecule has 0 N–H and O–H groups in total. The molecule has 0 bridgehead atoms. The van der Waals surface area contributed by atoms with Gasteiger partial charge in [-0.1, -0.05) is 69.5 Å². The van der Waals surface area contributed by atoms with E-state index in [0.717, 1.165) is 37.3 Å². The third-order valence-corrected chi connectivity index (χ3v) is 5.26. The molecule has 0 aromatic heterocycles. The zero-order chi connectivity index (χ0) is 20.4. The molecule has 0 aliphatic carbocycles. The van der Waals surface area contributed by atoms with Gasteiger partial charge in [0.15, 0.2) is 5.78 Å². The second-order valence-electron chi connectivity index (χ2n) is 6.49. The molecule has 0 saturated carbocycles. The number of hydrogen-bond donors (Lipinski definition) is 0. The number of halogens is 6. The summed E-state index contributed by atoms with van der Waals surface area (Å²) in [7, 11) is -10.2. The van der Waals surface area contributed by atoms with Crippen molar-refractivity contribution in [3.05, 3.63) is 65.0 Å². The van der Waals surface area contributed by atoms with Gasteiger partial charge in [-0.25, -0.2) is 4.39 Å². The van der Waals surface area contributed by atoms with E-state index < -0.39 is 33.1 Å². The second-order valence-corrected chi connectivity index (χ2v) is 8.87. The lowest BCUT2D eigenvalue weighted by atomic mass is 10.00. The number of benzene rings is 2. The highest BCUT2D eigenvalue weighted by Crippen LogP contribution is 3.02. The lowest BCUT2D eigenvalue weighted by molar-refractivity contribution is 0.0992. The topological polar surface area (TPSA) is 17.1 Å². The fraction of sp³-hybridized carbons (Fsp3) is 0.316. The second kappa shape index (κ2) is 6.89. The molecule has 8 heteroatoms. The molecule has 2 aromatic carbocycles. The predicted octanol–water partition coefficient (Wildman–Crippen LogP) is 7.64. The third kappa shape index (κ3) is 6.02. The minimum absolute atomic E-state index is 0.0217. The molecule has 0 spiro atoms. The van der Waals surface area contributed by atoms with Crippen LogP contribution < -0.4 is 0 Å². The van der Waals surface area contributed by atoms with Crippen molar-refractivity contribution in [3.8, 4) is 0 Å². The van der Waals surface area contributed by atoms with E-state index in [-0.39, 0.29) is 17.2 Å². The molecule has 0 radical (unpaired) electrons. The maximum Gasteiger partial charge on any atom is 0.313 e. The molecule has 1 nitrogen and oxygen atoms in total. The monoisotopic (exact) mass is 410 g/mol. The molecule has 0 atom stereocenters. The summed E-state index contributed by atoms with van der Waals surface area (Å²) in [4.78, 5) is 9.65. The van der Waals surface area contributed by atoms with Crippen LogP contribution in [0.4, 0.5) is 23.8 Å². The number of ketones is 1. The van der Waals surface area contributed by atoms with Gasteiger partial charge in [-0.15, -0.1) is 0 Å². The molecule has 150 valence electrons. The highest BCUT2D eigenvalue weighted by molar-refractivity contribution is 8.45. The van der Waals surface area contributed by atoms with Gasteiger partial charge in [0.1, 0.15) is 10.7 Å². The fourth-order valence-electron chi connectivity index (χ4n) is 2.68. The molecular formula is C19H20F6OS. The smallest absolute Gasteiger partial charge is 0.294 e. The van der Waals surface area contributed by atoms with Crippen LogP contribution in [0, 0.1) is 5.82 Å². The van der Waals surface area contributed by atoms with Crippen LogP contribution in [0.1, 0.15) is 47.7 Å². The summed E-state index contributed by atoms with van der Waals surface area (Å²) in [5.74, 6) is -2.59. The van der Waals surface area contributed by atoms with E-state index in [9.17, 15) is 28.6 Å². The van der Waals surface area contributed by atoms with Gasteiger partial charge in [0, 0.05) is 12.0 Å². The summed E-state index contributed by atoms with van der Waals surface area (Å²) in [5.41, 5.74) is 0.967. The standard InChI is InChI=1S/C19H20F6OS/c1-2-3-4-5-14-6-9-16(10-7-14)18(26)12-15-8-11-17(20)19(13-15)27(21,22,23,24)25/h6-11,13H,2-5,12H2,1H3. The van der Waals surface area contributed by atoms with Crippen LogP contribution in [-0.2, 0) is 12.8 Å². The Labute approximate surface area is 154 Å². The average molecular weight is 410 g/mol. The van der Waals surface area contributed by atoms with Crippen molar-refractivity contribution >= 4 is 16.0 Å². The number of hydrogen-bond acceptors (Lipinski definition) is 1. The Balaban J connectivity index is 2.17. The van der Waals surface area contributed by atoms with Crippen LogP contribution in [0.5, 0.6) is 0 Å². The van der Waals surface area contributed by atoms with Crippen molar-refractivity contribution in [3.63, 3.8) is 0 Å². The summed E-state index contributed by atoms with van der Waals surface area (Å²) in [6.45, 7) is 2.08. The molecule has 0 saturated heterocycles. The molecule has 0 fully saturated rings. The summed E-state index contributed by atoms with van der Waals surface area (Å²) >= 11 is 0. The maximum absolute atomic E-state index is 13.3. The molecule has 0 unspecified atom stereocenters. The van der Waals surface area contributed by atoms with E-state index >= 15 is 0 Å². The van der Waals surface area contributed by atoms with Crippen LogP contribution in [0.25, 0.3) is 0 Å². The molecule has 27 heavy (non-hydrogen) atoms. The van der Waals surface area contributed by atoms with Gasteiger partial charge in [0.2, 0.25) is 0 Å². The summed E-state index contributed by atoms with van der Waals surface area (Å²) in [6, 6.07) is 7.86. The molecule has 0 aliphatic rings. The third-order valence-electron chi connectivity index (χ3n) is 4.12. The predicted molar refractivity (Wildman–Crippen MR) is 95.5 cm³/mol. The molecule has 2 rings (SSSR count). The quantitative estimate of drug-likeness (QED) is 0.248. The van der Waals surface area contributed by atoms with Crippen molar-refractivity contribution in [1.82, 2.24) is 0 Å². The van der Waals surface area contributed by atoms with Gasteiger partial charge in [-0.3, -0.25) is 4.79 Å². The van der Waals surface area contributed by atoms with Crippen LogP contribution in [-0.4, -0.2) is 5.78 Å². The van der Waals surface area contributed by atoms with E-state index in [2.05, 4.69) is 6.92 Å². The lowest BCUT2D eigenvalue weighted by Gasteiger charge is -2.40. The highest BCUT2D eigenvalue weighted by Gasteiger charge is 2.67. The van der Waals surface area contributed by atoms with E-state index in [0.29, 0.717) is 6.07 Å². The van der Waals surface area contributed by atoms with Gasteiger partial charge in [-0.05, 0) is 36.1 Å². The Kier molecular flexibility index (Phi) is 5.45. The average Bonchev–Trinajstić information content (AvgIpc) is 2.55. The first kappa shape index (κ1) is 21.3. The highest BCUT2D eigenvalue weighted by atomic mass is 32.5. The first-order valence-corrected chi connectivity index (χ1v) is 10.4. The van der Waals surface area contributed by atoms with E-state index in [1.165, 1.54) is 0 Å². The zero-order valence-electron chi connectivity index (χ0n) is 14.7. The van der Waals surface area contributed by atoms with Crippen LogP contribution in [0.2, 0.25) is 0 Å². The largest absolute Gasteiger partial charge is 0.313 e. The Morgan fingerprint density at radius 3 is 2.04 bits per heavy atom. The number of rotatable bonds is 8. The van der Waals surface area contributed by atoms with Crippen LogP contribution >= 0.6 is 10.2 Å². The Morgan fingerprint density at radius 1 is 0.889 bits per heavy atom. The summed E-state index contributed by atoms with van der Waals surface area (Å²) in [5, 5.41) is 0. The minimum Gasteiger partial charge on any atom is -0.294 e. The maximum atomic E-state index is 13.3. The van der Waals surface area contributed by atoms with Gasteiger partial charge in [-0.2, -0.15) is 0 Å². The van der Waals surface area contributed by atoms with Gasteiger partial charge < -0.3 is 0 Å². The SMILES string of the molecule is CCCCCc1ccc(C(=O)Cc2ccc(F)c(S(F)(F)(F)(F)F)c2)cc1. The molecule has 0 heterocycles. The van der Waals surface area contributed by atoms with Crippen LogP contribution in [0.3, 0.4) is 0 Å². The lowest BCUT2D eigenvalue weighted by Crippen LogP contribution is -2.11. The van der Waals surface area contributed by atoms with Gasteiger partial charge in [0.05, 0.1) is 0 Å². The number of unbranched alkanes of at least 4 members (excludes halogenated alkanes) is 2. The minimum atomic E-state index is -10.2. The first-order chi connectivity index (χ1) is 12.3. The molecular weight excluding hydrogens is 390 g/mol. The fourth-order valence-corrected chi connectivity index (χ4v) is 3.49. The summed E-state index contributed by atoms with van der Waals surface area (Å²) < 4.78 is 77.8. The van der Waals surface area contributed by atoms with E-state index in [4.69, 9.17) is 0 Å². The number of Topliss-reactive ketones (excluding diaryl/α,β-unsaturated/α-hetero) is 1. The summed E-state index contributed by atoms with van der Waals surface area (Å²) in [6.07, 6.45) is 3.50. The van der Waals surface area contributed by atoms with Crippen molar-refractivity contribution < 1.29 is 28.6 Å². The van der Waals surface area contributed by atoms with Crippen molar-refractivity contribution in [2.24, 2.45) is 0 Å². The zero-order valence-corrected chi connectivity index (χ0v) is 15.5. The van der Waals surface area contributed by atoms with Crippen LogP contribution in [0.15, 0.2) is 47.4 Å². The van der Waals surface area contributed by atoms with Crippen molar-refractivity contribution in [2.45, 2.75) is 43.9 Å². The van der Waals surface area contributed by atoms with Crippen molar-refractivity contribution in [2.75, 3.05) is 0 Å². The van der Waals surface area contributed by atoms with Crippen molar-refractivity contribution in [1.29, 1.82) is 0 Å². The van der Waals surface area contributed by atoms with E-state index in [1.54, 1.807) is 24.3 Å². The molecule has 0 amide bonds. The Hall–Kier alpha value is -1.96. The molecule has 2 aromatic rings. The Bertz CT molecular complexity index is 828. The number of carbonyl (C=O) groups is 1. The van der Waals surface area contributed by atoms with E-state index in [1.807, 2.05) is 0 Å². The van der Waals surface area contributed by atoms with Gasteiger partial charge in [0.25, 0.3) is 0 Å². The normalized spacial score (nSPS) is 14.5. The number of aryl methyl sites for hydroxylation is 1. The molecule has 0 aliphatic heterocycles.